The summed E-state index contributed by atoms with van der Waals surface area (Å²) in [7, 11) is 1.74. The molecule has 0 aliphatic rings. The van der Waals surface area contributed by atoms with Crippen LogP contribution in [0.4, 0.5) is 0 Å². The summed E-state index contributed by atoms with van der Waals surface area (Å²) in [5.41, 5.74) is 5.32. The topological polar surface area (TPSA) is 46.3 Å². The Balaban J connectivity index is 3.73. The Hall–Kier alpha value is -0.570. The predicted octanol–water partition coefficient (Wildman–Crippen LogP) is -0.188. The average molecular weight is 130 g/mol. The molecule has 0 saturated heterocycles. The molecule has 0 bridgehead atoms. The molecule has 0 fully saturated rings. The molecule has 0 spiro atoms. The van der Waals surface area contributed by atoms with Gasteiger partial charge in [0.1, 0.15) is 0 Å². The number of amides is 1. The van der Waals surface area contributed by atoms with E-state index in [0.717, 1.165) is 6.54 Å². The van der Waals surface area contributed by atoms with Crippen LogP contribution in [0.3, 0.4) is 0 Å². The van der Waals surface area contributed by atoms with E-state index >= 15 is 0 Å². The van der Waals surface area contributed by atoms with E-state index in [1.807, 2.05) is 6.92 Å². The molecule has 1 atom stereocenters. The van der Waals surface area contributed by atoms with Gasteiger partial charge in [-0.25, -0.2) is 0 Å². The molecule has 0 aromatic carbocycles. The maximum Gasteiger partial charge on any atom is 0.238 e. The molecule has 0 aliphatic carbocycles. The molecule has 0 saturated carbocycles. The normalized spacial score (nSPS) is 12.9. The largest absolute Gasteiger partial charge is 0.345 e. The smallest absolute Gasteiger partial charge is 0.238 e. The average Bonchev–Trinajstić information content (AvgIpc) is 1.84. The Morgan fingerprint density at radius 3 is 2.33 bits per heavy atom. The lowest BCUT2D eigenvalue weighted by Gasteiger charge is -2.16. The molecule has 3 nitrogen and oxygen atoms in total. The number of rotatable bonds is 2. The third-order valence-electron chi connectivity index (χ3n) is 1.24. The Morgan fingerprint density at radius 1 is 1.78 bits per heavy atom. The van der Waals surface area contributed by atoms with Gasteiger partial charge in [0.05, 0.1) is 6.04 Å². The van der Waals surface area contributed by atoms with Crippen molar-refractivity contribution in [2.24, 2.45) is 5.73 Å². The van der Waals surface area contributed by atoms with E-state index in [1.54, 1.807) is 18.9 Å². The highest BCUT2D eigenvalue weighted by Crippen LogP contribution is 1.86. The molecular formula is C6H14N2O. The molecule has 3 heteroatoms. The zero-order valence-corrected chi connectivity index (χ0v) is 6.22. The van der Waals surface area contributed by atoms with Gasteiger partial charge in [-0.15, -0.1) is 0 Å². The lowest BCUT2D eigenvalue weighted by molar-refractivity contribution is -0.130. The fraction of sp³-hybridized carbons (Fsp3) is 0.833. The van der Waals surface area contributed by atoms with Gasteiger partial charge in [0.2, 0.25) is 5.91 Å². The second kappa shape index (κ2) is 3.45. The zero-order valence-electron chi connectivity index (χ0n) is 6.22. The summed E-state index contributed by atoms with van der Waals surface area (Å²) in [6.45, 7) is 4.33. The van der Waals surface area contributed by atoms with Gasteiger partial charge in [-0.05, 0) is 13.8 Å². The van der Waals surface area contributed by atoms with Crippen LogP contribution in [0, 0.1) is 0 Å². The van der Waals surface area contributed by atoms with Crippen molar-refractivity contribution in [3.8, 4) is 0 Å². The highest BCUT2D eigenvalue weighted by atomic mass is 16.2. The minimum absolute atomic E-state index is 0.00231. The molecule has 0 aromatic rings. The SMILES string of the molecule is CCN(C)C(=O)[C@@H](C)N. The molecule has 9 heavy (non-hydrogen) atoms. The first kappa shape index (κ1) is 8.43. The van der Waals surface area contributed by atoms with Crippen molar-refractivity contribution in [3.63, 3.8) is 0 Å². The monoisotopic (exact) mass is 130 g/mol. The highest BCUT2D eigenvalue weighted by Gasteiger charge is 2.09. The zero-order chi connectivity index (χ0) is 7.44. The van der Waals surface area contributed by atoms with E-state index in [9.17, 15) is 4.79 Å². The van der Waals surface area contributed by atoms with Gasteiger partial charge < -0.3 is 10.6 Å². The summed E-state index contributed by atoms with van der Waals surface area (Å²) in [6, 6.07) is -0.366. The molecule has 0 heterocycles. The van der Waals surface area contributed by atoms with Crippen molar-refractivity contribution in [1.82, 2.24) is 4.90 Å². The van der Waals surface area contributed by atoms with Crippen LogP contribution in [0.2, 0.25) is 0 Å². The number of nitrogens with zero attached hydrogens (tertiary/aromatic N) is 1. The first-order valence-electron chi connectivity index (χ1n) is 3.10. The van der Waals surface area contributed by atoms with Gasteiger partial charge in [0, 0.05) is 13.6 Å². The maximum absolute atomic E-state index is 10.9. The van der Waals surface area contributed by atoms with Crippen LogP contribution < -0.4 is 5.73 Å². The molecule has 1 amide bonds. The second-order valence-corrected chi connectivity index (χ2v) is 2.14. The molecule has 0 unspecified atom stereocenters. The Kier molecular flexibility index (Phi) is 3.24. The molecule has 0 aliphatic heterocycles. The van der Waals surface area contributed by atoms with Crippen LogP contribution in [-0.4, -0.2) is 30.4 Å². The first-order valence-corrected chi connectivity index (χ1v) is 3.10. The van der Waals surface area contributed by atoms with Gasteiger partial charge in [-0.1, -0.05) is 0 Å². The number of carbonyl (C=O) groups excluding carboxylic acids is 1. The van der Waals surface area contributed by atoms with Crippen LogP contribution in [0.1, 0.15) is 13.8 Å². The standard InChI is InChI=1S/C6H14N2O/c1-4-8(3)6(9)5(2)7/h5H,4,7H2,1-3H3/t5-/m1/s1. The highest BCUT2D eigenvalue weighted by molar-refractivity contribution is 5.80. The van der Waals surface area contributed by atoms with Crippen LogP contribution in [0.15, 0.2) is 0 Å². The summed E-state index contributed by atoms with van der Waals surface area (Å²) in [4.78, 5) is 12.5. The van der Waals surface area contributed by atoms with Crippen LogP contribution in [-0.2, 0) is 4.79 Å². The molecule has 0 rings (SSSR count). The number of hydrogen-bond donors (Lipinski definition) is 1. The summed E-state index contributed by atoms with van der Waals surface area (Å²) < 4.78 is 0. The summed E-state index contributed by atoms with van der Waals surface area (Å²) >= 11 is 0. The van der Waals surface area contributed by atoms with Crippen molar-refractivity contribution in [2.75, 3.05) is 13.6 Å². The molecule has 0 radical (unpaired) electrons. The Labute approximate surface area is 55.8 Å². The van der Waals surface area contributed by atoms with E-state index in [0.29, 0.717) is 0 Å². The van der Waals surface area contributed by atoms with Gasteiger partial charge in [-0.2, -0.15) is 0 Å². The number of nitrogens with two attached hydrogens (primary N) is 1. The summed E-state index contributed by atoms with van der Waals surface area (Å²) in [5.74, 6) is -0.00231. The lowest BCUT2D eigenvalue weighted by Crippen LogP contribution is -2.39. The van der Waals surface area contributed by atoms with E-state index in [-0.39, 0.29) is 11.9 Å². The third-order valence-corrected chi connectivity index (χ3v) is 1.24. The van der Waals surface area contributed by atoms with Crippen LogP contribution >= 0.6 is 0 Å². The van der Waals surface area contributed by atoms with Gasteiger partial charge in [-0.3, -0.25) is 4.79 Å². The predicted molar refractivity (Wildman–Crippen MR) is 37.0 cm³/mol. The van der Waals surface area contributed by atoms with E-state index < -0.39 is 0 Å². The van der Waals surface area contributed by atoms with E-state index in [2.05, 4.69) is 0 Å². The van der Waals surface area contributed by atoms with E-state index in [4.69, 9.17) is 5.73 Å². The maximum atomic E-state index is 10.9. The minimum atomic E-state index is -0.366. The van der Waals surface area contributed by atoms with Gasteiger partial charge in [0.15, 0.2) is 0 Å². The quantitative estimate of drug-likeness (QED) is 0.563. The van der Waals surface area contributed by atoms with Crippen molar-refractivity contribution < 1.29 is 4.79 Å². The first-order chi connectivity index (χ1) is 4.09. The molecule has 0 aromatic heterocycles. The second-order valence-electron chi connectivity index (χ2n) is 2.14. The van der Waals surface area contributed by atoms with Crippen molar-refractivity contribution >= 4 is 5.91 Å². The van der Waals surface area contributed by atoms with Crippen LogP contribution in [0.5, 0.6) is 0 Å². The Morgan fingerprint density at radius 2 is 2.22 bits per heavy atom. The number of likely N-dealkylation sites (N-methyl/N-ethyl adjacent to an activating group) is 1. The Bertz CT molecular complexity index is 101. The van der Waals surface area contributed by atoms with Gasteiger partial charge in [0.25, 0.3) is 0 Å². The molecule has 2 N–H and O–H groups in total. The van der Waals surface area contributed by atoms with Crippen molar-refractivity contribution in [3.05, 3.63) is 0 Å². The lowest BCUT2D eigenvalue weighted by atomic mass is 10.3. The molecular weight excluding hydrogens is 116 g/mol. The third kappa shape index (κ3) is 2.46. The number of hydrogen-bond acceptors (Lipinski definition) is 2. The minimum Gasteiger partial charge on any atom is -0.345 e. The molecule has 54 valence electrons. The fourth-order valence-corrected chi connectivity index (χ4v) is 0.503. The van der Waals surface area contributed by atoms with Crippen molar-refractivity contribution in [2.45, 2.75) is 19.9 Å². The number of carbonyl (C=O) groups is 1. The fourth-order valence-electron chi connectivity index (χ4n) is 0.503. The summed E-state index contributed by atoms with van der Waals surface area (Å²) in [6.07, 6.45) is 0. The van der Waals surface area contributed by atoms with E-state index in [1.165, 1.54) is 0 Å². The van der Waals surface area contributed by atoms with Crippen LogP contribution in [0.25, 0.3) is 0 Å². The van der Waals surface area contributed by atoms with Crippen molar-refractivity contribution in [1.29, 1.82) is 0 Å². The summed E-state index contributed by atoms with van der Waals surface area (Å²) in [5, 5.41) is 0. The van der Waals surface area contributed by atoms with Gasteiger partial charge >= 0.3 is 0 Å².